The van der Waals surface area contributed by atoms with Crippen LogP contribution >= 0.6 is 11.6 Å². The number of aromatic nitrogens is 1. The molecule has 2 heterocycles. The summed E-state index contributed by atoms with van der Waals surface area (Å²) in [5, 5.41) is 5.74. The number of carbonyl (C=O) groups is 1. The van der Waals surface area contributed by atoms with Crippen molar-refractivity contribution in [2.45, 2.75) is 24.0 Å². The van der Waals surface area contributed by atoms with Gasteiger partial charge in [0, 0.05) is 44.0 Å². The highest BCUT2D eigenvalue weighted by Crippen LogP contribution is 2.33. The van der Waals surface area contributed by atoms with Gasteiger partial charge in [0.15, 0.2) is 0 Å². The van der Waals surface area contributed by atoms with Gasteiger partial charge in [0.05, 0.1) is 10.5 Å². The Labute approximate surface area is 241 Å². The van der Waals surface area contributed by atoms with Gasteiger partial charge in [0.1, 0.15) is 11.0 Å². The summed E-state index contributed by atoms with van der Waals surface area (Å²) >= 11 is 5.79. The Bertz CT molecular complexity index is 1460. The number of amides is 1. The topological polar surface area (TPSA) is 121 Å². The normalized spacial score (nSPS) is 14.7. The maximum Gasteiger partial charge on any atom is 0.416 e. The monoisotopic (exact) mass is 610 g/mol. The number of benzene rings is 2. The average molecular weight is 611 g/mol. The molecule has 41 heavy (non-hydrogen) atoms. The van der Waals surface area contributed by atoms with Crippen LogP contribution in [0.4, 0.5) is 24.7 Å². The van der Waals surface area contributed by atoms with Gasteiger partial charge >= 0.3 is 6.18 Å². The first kappa shape index (κ1) is 30.7. The second kappa shape index (κ2) is 13.2. The van der Waals surface area contributed by atoms with Gasteiger partial charge in [-0.15, -0.1) is 0 Å². The number of nitrogens with two attached hydrogens (primary N) is 1. The first-order valence-electron chi connectivity index (χ1n) is 12.9. The number of sulfonamides is 1. The fourth-order valence-corrected chi connectivity index (χ4v) is 5.94. The summed E-state index contributed by atoms with van der Waals surface area (Å²) in [6.07, 6.45) is -3.72. The minimum Gasteiger partial charge on any atom is -0.354 e. The van der Waals surface area contributed by atoms with Crippen molar-refractivity contribution in [3.8, 4) is 0 Å². The Morgan fingerprint density at radius 3 is 2.39 bits per heavy atom. The van der Waals surface area contributed by atoms with Crippen molar-refractivity contribution in [3.05, 3.63) is 82.5 Å². The van der Waals surface area contributed by atoms with E-state index in [0.717, 1.165) is 30.7 Å². The number of hydrogen-bond donors (Lipinski definition) is 3. The van der Waals surface area contributed by atoms with Crippen molar-refractivity contribution in [2.75, 3.05) is 49.5 Å². The van der Waals surface area contributed by atoms with Gasteiger partial charge in [0.2, 0.25) is 10.0 Å². The Kier molecular flexibility index (Phi) is 9.87. The molecule has 9 nitrogen and oxygen atoms in total. The van der Waals surface area contributed by atoms with Crippen LogP contribution in [0.15, 0.2) is 65.6 Å². The van der Waals surface area contributed by atoms with E-state index < -0.39 is 21.8 Å². The number of piperazine rings is 1. The fraction of sp³-hybridized carbons (Fsp3) is 0.333. The average Bonchev–Trinajstić information content (AvgIpc) is 2.95. The van der Waals surface area contributed by atoms with E-state index in [1.54, 1.807) is 23.1 Å². The SMILES string of the molecule is NCCCNCc1cccc(C(=O)Nc2ccc(S(=O)(=O)N3CCN(c4cc(C(F)(F)F)cc(Cl)n4)CC3)cc2)c1. The second-order valence-corrected chi connectivity index (χ2v) is 11.7. The Morgan fingerprint density at radius 2 is 1.73 bits per heavy atom. The van der Waals surface area contributed by atoms with Crippen LogP contribution < -0.4 is 21.3 Å². The van der Waals surface area contributed by atoms with Crippen LogP contribution in [0.2, 0.25) is 5.15 Å². The Morgan fingerprint density at radius 1 is 1.02 bits per heavy atom. The molecule has 1 aliphatic rings. The lowest BCUT2D eigenvalue weighted by Crippen LogP contribution is -2.49. The van der Waals surface area contributed by atoms with Crippen LogP contribution in [0.1, 0.15) is 27.9 Å². The van der Waals surface area contributed by atoms with Crippen molar-refractivity contribution in [3.63, 3.8) is 0 Å². The van der Waals surface area contributed by atoms with Crippen LogP contribution in [0.3, 0.4) is 0 Å². The third kappa shape index (κ3) is 7.95. The molecule has 0 bridgehead atoms. The molecule has 0 radical (unpaired) electrons. The molecule has 0 spiro atoms. The molecule has 1 amide bonds. The van der Waals surface area contributed by atoms with Gasteiger partial charge in [-0.05, 0) is 73.6 Å². The molecule has 0 atom stereocenters. The van der Waals surface area contributed by atoms with Crippen molar-refractivity contribution >= 4 is 39.0 Å². The number of nitrogens with one attached hydrogen (secondary N) is 2. The summed E-state index contributed by atoms with van der Waals surface area (Å²) in [5.41, 5.74) is 6.42. The molecule has 2 aromatic carbocycles. The Balaban J connectivity index is 1.36. The van der Waals surface area contributed by atoms with Gasteiger partial charge in [-0.3, -0.25) is 4.79 Å². The number of pyridine rings is 1. The maximum atomic E-state index is 13.2. The smallest absolute Gasteiger partial charge is 0.354 e. The standard InChI is InChI=1S/C27H30ClF3N6O3S/c28-24-16-21(27(29,30)31)17-25(35-24)36-11-13-37(14-12-36)41(39,40)23-7-5-22(6-8-23)34-26(38)20-4-1-3-19(15-20)18-33-10-2-9-32/h1,3-8,15-17,33H,2,9-14,18,32H2,(H,34,38). The molecular formula is C27H30ClF3N6O3S. The minimum atomic E-state index is -4.58. The van der Waals surface area contributed by atoms with Crippen LogP contribution in [0.25, 0.3) is 0 Å². The van der Waals surface area contributed by atoms with Crippen molar-refractivity contribution in [1.29, 1.82) is 0 Å². The number of halogens is 4. The minimum absolute atomic E-state index is 0.0368. The number of anilines is 2. The second-order valence-electron chi connectivity index (χ2n) is 9.42. The molecular weight excluding hydrogens is 581 g/mol. The number of rotatable bonds is 10. The van der Waals surface area contributed by atoms with Crippen LogP contribution in [0.5, 0.6) is 0 Å². The zero-order valence-electron chi connectivity index (χ0n) is 22.0. The van der Waals surface area contributed by atoms with Crippen molar-refractivity contribution in [1.82, 2.24) is 14.6 Å². The van der Waals surface area contributed by atoms with Gasteiger partial charge in [-0.1, -0.05) is 23.7 Å². The molecule has 3 aromatic rings. The molecule has 1 aliphatic heterocycles. The van der Waals surface area contributed by atoms with Gasteiger partial charge in [-0.25, -0.2) is 13.4 Å². The molecule has 4 rings (SSSR count). The molecule has 220 valence electrons. The number of hydrogen-bond acceptors (Lipinski definition) is 7. The van der Waals surface area contributed by atoms with Crippen molar-refractivity contribution < 1.29 is 26.4 Å². The zero-order valence-corrected chi connectivity index (χ0v) is 23.6. The van der Waals surface area contributed by atoms with E-state index in [9.17, 15) is 26.4 Å². The van der Waals surface area contributed by atoms with E-state index >= 15 is 0 Å². The molecule has 1 fully saturated rings. The summed E-state index contributed by atoms with van der Waals surface area (Å²) in [4.78, 5) is 18.3. The van der Waals surface area contributed by atoms with Crippen LogP contribution in [0, 0.1) is 0 Å². The number of alkyl halides is 3. The van der Waals surface area contributed by atoms with E-state index in [1.807, 2.05) is 6.07 Å². The molecule has 4 N–H and O–H groups in total. The zero-order chi connectivity index (χ0) is 29.6. The Hall–Kier alpha value is -3.23. The molecule has 0 saturated carbocycles. The summed E-state index contributed by atoms with van der Waals surface area (Å²) in [6, 6.07) is 14.7. The summed E-state index contributed by atoms with van der Waals surface area (Å²) < 4.78 is 67.2. The highest BCUT2D eigenvalue weighted by Gasteiger charge is 2.33. The van der Waals surface area contributed by atoms with E-state index in [4.69, 9.17) is 17.3 Å². The predicted molar refractivity (Wildman–Crippen MR) is 151 cm³/mol. The lowest BCUT2D eigenvalue weighted by Gasteiger charge is -2.35. The molecule has 0 unspecified atom stereocenters. The van der Waals surface area contributed by atoms with E-state index in [1.165, 1.54) is 28.6 Å². The summed E-state index contributed by atoms with van der Waals surface area (Å²) in [5.74, 6) is -0.292. The highest BCUT2D eigenvalue weighted by molar-refractivity contribution is 7.89. The fourth-order valence-electron chi connectivity index (χ4n) is 4.31. The quantitative estimate of drug-likeness (QED) is 0.235. The van der Waals surface area contributed by atoms with E-state index in [2.05, 4.69) is 15.6 Å². The lowest BCUT2D eigenvalue weighted by molar-refractivity contribution is -0.137. The summed E-state index contributed by atoms with van der Waals surface area (Å²) in [7, 11) is -3.87. The van der Waals surface area contributed by atoms with E-state index in [0.29, 0.717) is 24.3 Å². The molecule has 1 saturated heterocycles. The lowest BCUT2D eigenvalue weighted by atomic mass is 10.1. The predicted octanol–water partition coefficient (Wildman–Crippen LogP) is 3.96. The molecule has 0 aliphatic carbocycles. The first-order valence-corrected chi connectivity index (χ1v) is 14.7. The highest BCUT2D eigenvalue weighted by atomic mass is 35.5. The third-order valence-corrected chi connectivity index (χ3v) is 8.60. The van der Waals surface area contributed by atoms with Crippen LogP contribution in [-0.2, 0) is 22.7 Å². The molecule has 14 heteroatoms. The van der Waals surface area contributed by atoms with E-state index in [-0.39, 0.29) is 48.0 Å². The largest absolute Gasteiger partial charge is 0.416 e. The maximum absolute atomic E-state index is 13.2. The number of carbonyl (C=O) groups excluding carboxylic acids is 1. The third-order valence-electron chi connectivity index (χ3n) is 6.50. The number of nitrogens with zero attached hydrogens (tertiary/aromatic N) is 3. The molecule has 1 aromatic heterocycles. The van der Waals surface area contributed by atoms with Gasteiger partial charge in [0.25, 0.3) is 5.91 Å². The van der Waals surface area contributed by atoms with Gasteiger partial charge < -0.3 is 21.3 Å². The summed E-state index contributed by atoms with van der Waals surface area (Å²) in [6.45, 7) is 2.36. The van der Waals surface area contributed by atoms with Crippen molar-refractivity contribution in [2.24, 2.45) is 5.73 Å². The van der Waals surface area contributed by atoms with Crippen LogP contribution in [-0.4, -0.2) is 62.9 Å². The van der Waals surface area contributed by atoms with Gasteiger partial charge in [-0.2, -0.15) is 17.5 Å². The first-order chi connectivity index (χ1) is 19.5.